The predicted octanol–water partition coefficient (Wildman–Crippen LogP) is 2.63. The fraction of sp³-hybridized carbons (Fsp3) is 0.125. The highest BCUT2D eigenvalue weighted by molar-refractivity contribution is 6.00. The zero-order valence-electron chi connectivity index (χ0n) is 11.7. The maximum atomic E-state index is 12.0. The molecule has 5 heteroatoms. The fourth-order valence-corrected chi connectivity index (χ4v) is 1.94. The summed E-state index contributed by atoms with van der Waals surface area (Å²) in [6, 6.07) is 14.2. The molecule has 4 N–H and O–H groups in total. The minimum absolute atomic E-state index is 0.170. The summed E-state index contributed by atoms with van der Waals surface area (Å²) in [5.74, 6) is -0.170. The van der Waals surface area contributed by atoms with Crippen LogP contribution in [0.15, 0.2) is 42.5 Å². The number of nitrogens with one attached hydrogen (secondary N) is 2. The lowest BCUT2D eigenvalue weighted by atomic mass is 10.1. The minimum Gasteiger partial charge on any atom is -0.399 e. The molecular formula is C16H16N4O. The number of hydrogen-bond donors (Lipinski definition) is 3. The Morgan fingerprint density at radius 3 is 2.81 bits per heavy atom. The van der Waals surface area contributed by atoms with Crippen LogP contribution >= 0.6 is 0 Å². The lowest BCUT2D eigenvalue weighted by molar-refractivity contribution is 0.0956. The molecular weight excluding hydrogens is 264 g/mol. The van der Waals surface area contributed by atoms with Crippen LogP contribution in [-0.4, -0.2) is 12.5 Å². The van der Waals surface area contributed by atoms with Crippen molar-refractivity contribution in [2.75, 3.05) is 17.6 Å². The molecule has 0 saturated heterocycles. The Balaban J connectivity index is 2.36. The van der Waals surface area contributed by atoms with E-state index in [1.165, 1.54) is 0 Å². The number of nitriles is 1. The first-order valence-electron chi connectivity index (χ1n) is 6.59. The van der Waals surface area contributed by atoms with Crippen molar-refractivity contribution in [2.24, 2.45) is 0 Å². The molecule has 21 heavy (non-hydrogen) atoms. The maximum absolute atomic E-state index is 12.0. The standard InChI is InChI=1S/C16H16N4O/c1-2-19-16(21)14-7-6-12(18)9-15(14)20-13-5-3-4-11(8-13)10-17/h3-9,20H,2,18H2,1H3,(H,19,21). The van der Waals surface area contributed by atoms with Crippen molar-refractivity contribution < 1.29 is 4.79 Å². The Bertz CT molecular complexity index is 704. The summed E-state index contributed by atoms with van der Waals surface area (Å²) in [5.41, 5.74) is 8.73. The van der Waals surface area contributed by atoms with Gasteiger partial charge in [-0.05, 0) is 43.3 Å². The lowest BCUT2D eigenvalue weighted by Crippen LogP contribution is -2.23. The second kappa shape index (κ2) is 6.44. The van der Waals surface area contributed by atoms with Crippen molar-refractivity contribution in [1.82, 2.24) is 5.32 Å². The van der Waals surface area contributed by atoms with Gasteiger partial charge in [0.05, 0.1) is 22.9 Å². The number of nitrogens with two attached hydrogens (primary N) is 1. The molecule has 0 aliphatic rings. The summed E-state index contributed by atoms with van der Waals surface area (Å²) >= 11 is 0. The van der Waals surface area contributed by atoms with Gasteiger partial charge in [-0.1, -0.05) is 6.07 Å². The number of carbonyl (C=O) groups excluding carboxylic acids is 1. The van der Waals surface area contributed by atoms with Crippen molar-refractivity contribution in [3.8, 4) is 6.07 Å². The Morgan fingerprint density at radius 1 is 1.29 bits per heavy atom. The van der Waals surface area contributed by atoms with Crippen LogP contribution < -0.4 is 16.4 Å². The van der Waals surface area contributed by atoms with Gasteiger partial charge in [0.1, 0.15) is 0 Å². The molecule has 2 rings (SSSR count). The van der Waals surface area contributed by atoms with Gasteiger partial charge in [0, 0.05) is 17.9 Å². The topological polar surface area (TPSA) is 90.9 Å². The van der Waals surface area contributed by atoms with Gasteiger partial charge in [-0.3, -0.25) is 4.79 Å². The number of hydrogen-bond acceptors (Lipinski definition) is 4. The van der Waals surface area contributed by atoms with Crippen molar-refractivity contribution >= 4 is 23.0 Å². The number of benzene rings is 2. The van der Waals surface area contributed by atoms with E-state index in [9.17, 15) is 4.79 Å². The smallest absolute Gasteiger partial charge is 0.253 e. The zero-order chi connectivity index (χ0) is 15.2. The summed E-state index contributed by atoms with van der Waals surface area (Å²) in [6.45, 7) is 2.41. The quantitative estimate of drug-likeness (QED) is 0.751. The van der Waals surface area contributed by atoms with E-state index in [1.54, 1.807) is 36.4 Å². The molecule has 0 heterocycles. The number of amides is 1. The van der Waals surface area contributed by atoms with Gasteiger partial charge in [-0.25, -0.2) is 0 Å². The Hall–Kier alpha value is -3.00. The van der Waals surface area contributed by atoms with Crippen molar-refractivity contribution in [3.63, 3.8) is 0 Å². The molecule has 0 atom stereocenters. The van der Waals surface area contributed by atoms with Crippen molar-refractivity contribution in [2.45, 2.75) is 6.92 Å². The largest absolute Gasteiger partial charge is 0.399 e. The normalized spacial score (nSPS) is 9.71. The van der Waals surface area contributed by atoms with Crippen LogP contribution in [0.1, 0.15) is 22.8 Å². The number of carbonyl (C=O) groups is 1. The summed E-state index contributed by atoms with van der Waals surface area (Å²) in [6.07, 6.45) is 0. The molecule has 0 unspecified atom stereocenters. The summed E-state index contributed by atoms with van der Waals surface area (Å²) in [4.78, 5) is 12.0. The van der Waals surface area contributed by atoms with E-state index in [1.807, 2.05) is 13.0 Å². The molecule has 0 aliphatic carbocycles. The third-order valence-corrected chi connectivity index (χ3v) is 2.90. The SMILES string of the molecule is CCNC(=O)c1ccc(N)cc1Nc1cccc(C#N)c1. The van der Waals surface area contributed by atoms with Crippen LogP contribution in [0.25, 0.3) is 0 Å². The molecule has 0 spiro atoms. The molecule has 2 aromatic carbocycles. The Morgan fingerprint density at radius 2 is 2.10 bits per heavy atom. The Kier molecular flexibility index (Phi) is 4.42. The van der Waals surface area contributed by atoms with E-state index in [0.717, 1.165) is 5.69 Å². The van der Waals surface area contributed by atoms with Crippen molar-refractivity contribution in [1.29, 1.82) is 5.26 Å². The maximum Gasteiger partial charge on any atom is 0.253 e. The van der Waals surface area contributed by atoms with Crippen molar-refractivity contribution in [3.05, 3.63) is 53.6 Å². The monoisotopic (exact) mass is 280 g/mol. The number of nitrogen functional groups attached to an aromatic ring is 1. The molecule has 106 valence electrons. The first kappa shape index (κ1) is 14.4. The molecule has 5 nitrogen and oxygen atoms in total. The van der Waals surface area contributed by atoms with Crippen LogP contribution in [0.4, 0.5) is 17.1 Å². The summed E-state index contributed by atoms with van der Waals surface area (Å²) in [5, 5.41) is 14.8. The molecule has 1 amide bonds. The summed E-state index contributed by atoms with van der Waals surface area (Å²) < 4.78 is 0. The number of anilines is 3. The number of rotatable bonds is 4. The van der Waals surface area contributed by atoms with Gasteiger partial charge >= 0.3 is 0 Å². The van der Waals surface area contributed by atoms with Gasteiger partial charge in [0.25, 0.3) is 5.91 Å². The molecule has 0 fully saturated rings. The molecule has 0 aliphatic heterocycles. The highest BCUT2D eigenvalue weighted by Crippen LogP contribution is 2.24. The van der Waals surface area contributed by atoms with Crippen LogP contribution in [0.5, 0.6) is 0 Å². The number of nitrogens with zero attached hydrogens (tertiary/aromatic N) is 1. The molecule has 0 bridgehead atoms. The molecule has 2 aromatic rings. The fourth-order valence-electron chi connectivity index (χ4n) is 1.94. The highest BCUT2D eigenvalue weighted by Gasteiger charge is 2.11. The van der Waals surface area contributed by atoms with Crippen LogP contribution in [0, 0.1) is 11.3 Å². The first-order chi connectivity index (χ1) is 10.1. The average Bonchev–Trinajstić information content (AvgIpc) is 2.48. The zero-order valence-corrected chi connectivity index (χ0v) is 11.7. The lowest BCUT2D eigenvalue weighted by Gasteiger charge is -2.13. The molecule has 0 radical (unpaired) electrons. The predicted molar refractivity (Wildman–Crippen MR) is 83.3 cm³/mol. The van der Waals surface area contributed by atoms with Gasteiger partial charge in [-0.2, -0.15) is 5.26 Å². The highest BCUT2D eigenvalue weighted by atomic mass is 16.1. The van der Waals surface area contributed by atoms with Gasteiger partial charge < -0.3 is 16.4 Å². The summed E-state index contributed by atoms with van der Waals surface area (Å²) in [7, 11) is 0. The van der Waals surface area contributed by atoms with E-state index >= 15 is 0 Å². The van der Waals surface area contributed by atoms with Gasteiger partial charge in [0.2, 0.25) is 0 Å². The van der Waals surface area contributed by atoms with E-state index in [2.05, 4.69) is 16.7 Å². The van der Waals surface area contributed by atoms with Crippen LogP contribution in [-0.2, 0) is 0 Å². The average molecular weight is 280 g/mol. The minimum atomic E-state index is -0.170. The van der Waals surface area contributed by atoms with E-state index in [-0.39, 0.29) is 5.91 Å². The third kappa shape index (κ3) is 3.51. The van der Waals surface area contributed by atoms with Gasteiger partial charge in [-0.15, -0.1) is 0 Å². The van der Waals surface area contributed by atoms with E-state index < -0.39 is 0 Å². The third-order valence-electron chi connectivity index (χ3n) is 2.90. The second-order valence-electron chi connectivity index (χ2n) is 4.48. The second-order valence-corrected chi connectivity index (χ2v) is 4.48. The molecule has 0 saturated carbocycles. The van der Waals surface area contributed by atoms with Gasteiger partial charge in [0.15, 0.2) is 0 Å². The van der Waals surface area contributed by atoms with E-state index in [0.29, 0.717) is 29.0 Å². The first-order valence-corrected chi connectivity index (χ1v) is 6.59. The van der Waals surface area contributed by atoms with Crippen LogP contribution in [0.2, 0.25) is 0 Å². The van der Waals surface area contributed by atoms with Crippen LogP contribution in [0.3, 0.4) is 0 Å². The molecule has 0 aromatic heterocycles. The van der Waals surface area contributed by atoms with E-state index in [4.69, 9.17) is 11.0 Å². The Labute approximate surface area is 123 Å².